The first-order valence-electron chi connectivity index (χ1n) is 10.4. The minimum atomic E-state index is -4.76. The number of hydrogen-bond donors (Lipinski definition) is 0. The normalized spacial score (nSPS) is 11.4. The third-order valence-corrected chi connectivity index (χ3v) is 8.74. The topological polar surface area (TPSA) is 105 Å². The Balaban J connectivity index is 5.57. The van der Waals surface area contributed by atoms with Crippen LogP contribution in [-0.4, -0.2) is 59.4 Å². The average Bonchev–Trinajstić information content (AvgIpc) is 2.69. The molecule has 0 saturated heterocycles. The molecule has 0 radical (unpaired) electrons. The molecule has 0 saturated carbocycles. The molecule has 9 heteroatoms. The van der Waals surface area contributed by atoms with Crippen LogP contribution in [0, 0.1) is 0 Å². The van der Waals surface area contributed by atoms with Crippen LogP contribution in [0.2, 0.25) is 0 Å². The van der Waals surface area contributed by atoms with Gasteiger partial charge in [0.1, 0.15) is 0 Å². The molecule has 0 amide bonds. The molecular formula is C20H36O8Ti. The number of rotatable bonds is 20. The van der Waals surface area contributed by atoms with Crippen LogP contribution in [0.25, 0.3) is 0 Å². The van der Waals surface area contributed by atoms with E-state index < -0.39 is 49.9 Å². The van der Waals surface area contributed by atoms with Crippen LogP contribution in [0.4, 0.5) is 0 Å². The number of carbonyl (C=O) groups is 4. The summed E-state index contributed by atoms with van der Waals surface area (Å²) < 4.78 is 20.5. The summed E-state index contributed by atoms with van der Waals surface area (Å²) >= 11 is -4.76. The van der Waals surface area contributed by atoms with Crippen molar-refractivity contribution >= 4 is 19.7 Å². The van der Waals surface area contributed by atoms with Crippen LogP contribution in [0.1, 0.15) is 66.2 Å². The Kier molecular flexibility index (Phi) is 16.5. The van der Waals surface area contributed by atoms with Gasteiger partial charge >= 0.3 is 178 Å². The SMILES string of the molecule is CCCC[O][Ti]([O]CCCC)([C](=O)CC(=O)COCC)[C](=O)CC(=O)COCC. The molecule has 0 N–H and O–H groups in total. The summed E-state index contributed by atoms with van der Waals surface area (Å²) in [5, 5.41) is 0. The molecule has 0 aliphatic rings. The van der Waals surface area contributed by atoms with Crippen LogP contribution < -0.4 is 0 Å². The van der Waals surface area contributed by atoms with Gasteiger partial charge in [-0.15, -0.1) is 0 Å². The molecule has 8 nitrogen and oxygen atoms in total. The van der Waals surface area contributed by atoms with Crippen molar-refractivity contribution in [1.82, 2.24) is 0 Å². The van der Waals surface area contributed by atoms with Gasteiger partial charge in [-0.1, -0.05) is 0 Å². The van der Waals surface area contributed by atoms with Crippen molar-refractivity contribution in [2.75, 3.05) is 39.6 Å². The van der Waals surface area contributed by atoms with Gasteiger partial charge in [0.25, 0.3) is 0 Å². The van der Waals surface area contributed by atoms with Gasteiger partial charge in [0, 0.05) is 0 Å². The summed E-state index contributed by atoms with van der Waals surface area (Å²) in [5.74, 6) is -0.864. The summed E-state index contributed by atoms with van der Waals surface area (Å²) in [6, 6.07) is 0. The first kappa shape index (κ1) is 28.2. The first-order chi connectivity index (χ1) is 13.9. The van der Waals surface area contributed by atoms with E-state index in [1.165, 1.54) is 0 Å². The molecule has 0 fully saturated rings. The Morgan fingerprint density at radius 2 is 1.03 bits per heavy atom. The first-order valence-corrected chi connectivity index (χ1v) is 13.2. The predicted octanol–water partition coefficient (Wildman–Crippen LogP) is 2.65. The van der Waals surface area contributed by atoms with Crippen LogP contribution in [0.15, 0.2) is 0 Å². The van der Waals surface area contributed by atoms with Crippen molar-refractivity contribution < 1.29 is 52.7 Å². The summed E-state index contributed by atoms with van der Waals surface area (Å²) in [5.41, 5.74) is 0. The Morgan fingerprint density at radius 3 is 1.34 bits per heavy atom. The van der Waals surface area contributed by atoms with Crippen LogP contribution >= 0.6 is 0 Å². The second kappa shape index (κ2) is 17.0. The average molecular weight is 452 g/mol. The second-order valence-electron chi connectivity index (χ2n) is 6.57. The van der Waals surface area contributed by atoms with Gasteiger partial charge in [-0.2, -0.15) is 0 Å². The zero-order chi connectivity index (χ0) is 22.1. The molecule has 0 atom stereocenters. The predicted molar refractivity (Wildman–Crippen MR) is 104 cm³/mol. The summed E-state index contributed by atoms with van der Waals surface area (Å²) in [6.45, 7) is 8.03. The Hall–Kier alpha value is -0.766. The fraction of sp³-hybridized carbons (Fsp3) is 0.800. The van der Waals surface area contributed by atoms with Gasteiger partial charge in [-0.25, -0.2) is 0 Å². The van der Waals surface area contributed by atoms with Crippen molar-refractivity contribution in [3.8, 4) is 0 Å². The Morgan fingerprint density at radius 1 is 0.655 bits per heavy atom. The number of Topliss-reactive ketones (excluding diaryl/α,β-unsaturated/α-hetero) is 2. The van der Waals surface area contributed by atoms with E-state index in [1.54, 1.807) is 13.8 Å². The number of hydrogen-bond acceptors (Lipinski definition) is 8. The molecule has 0 aromatic heterocycles. The molecule has 0 heterocycles. The summed E-state index contributed by atoms with van der Waals surface area (Å²) in [6.07, 6.45) is 1.94. The molecule has 0 aromatic rings. The second-order valence-corrected chi connectivity index (χ2v) is 11.1. The molecule has 0 spiro atoms. The quantitative estimate of drug-likeness (QED) is 0.158. The van der Waals surface area contributed by atoms with Gasteiger partial charge in [-0.3, -0.25) is 0 Å². The van der Waals surface area contributed by atoms with E-state index in [0.29, 0.717) is 26.1 Å². The molecule has 0 aromatic carbocycles. The molecule has 0 bridgehead atoms. The van der Waals surface area contributed by atoms with E-state index in [0.717, 1.165) is 12.8 Å². The Labute approximate surface area is 178 Å². The third kappa shape index (κ3) is 11.3. The standard InChI is InChI=1S/2C6H9O3.2C4H9O.Ti/c2*1-2-9-5-6(8)3-4-7;2*1-2-3-4-5;/h2*2-3,5H2,1H3;2*2-4H2,1H3;/q;;2*-1;+2. The van der Waals surface area contributed by atoms with Crippen molar-refractivity contribution in [2.45, 2.75) is 66.2 Å². The number of carbonyl (C=O) groups excluding carboxylic acids is 4. The van der Waals surface area contributed by atoms with E-state index in [9.17, 15) is 19.2 Å². The van der Waals surface area contributed by atoms with Gasteiger partial charge in [0.05, 0.1) is 0 Å². The van der Waals surface area contributed by atoms with E-state index >= 15 is 0 Å². The Bertz CT molecular complexity index is 475. The summed E-state index contributed by atoms with van der Waals surface area (Å²) in [7, 11) is 0. The summed E-state index contributed by atoms with van der Waals surface area (Å²) in [4.78, 5) is 50.3. The van der Waals surface area contributed by atoms with Crippen LogP contribution in [0.3, 0.4) is 0 Å². The fourth-order valence-electron chi connectivity index (χ4n) is 2.36. The maximum absolute atomic E-state index is 13.1. The molecule has 0 rings (SSSR count). The molecule has 0 aliphatic heterocycles. The fourth-order valence-corrected chi connectivity index (χ4v) is 6.68. The number of ketones is 2. The number of ether oxygens (including phenoxy) is 2. The molecular weight excluding hydrogens is 416 g/mol. The zero-order valence-electron chi connectivity index (χ0n) is 18.3. The van der Waals surface area contributed by atoms with Gasteiger partial charge in [0.15, 0.2) is 0 Å². The van der Waals surface area contributed by atoms with Crippen molar-refractivity contribution in [3.05, 3.63) is 0 Å². The number of unbranched alkanes of at least 4 members (excludes halogenated alkanes) is 2. The van der Waals surface area contributed by atoms with Crippen LogP contribution in [-0.2, 0) is 52.7 Å². The van der Waals surface area contributed by atoms with Crippen molar-refractivity contribution in [1.29, 1.82) is 0 Å². The van der Waals surface area contributed by atoms with Crippen molar-refractivity contribution in [3.63, 3.8) is 0 Å². The molecule has 0 aliphatic carbocycles. The van der Waals surface area contributed by atoms with Crippen LogP contribution in [0.5, 0.6) is 0 Å². The van der Waals surface area contributed by atoms with Crippen molar-refractivity contribution in [2.24, 2.45) is 0 Å². The minimum absolute atomic E-state index is 0.180. The van der Waals surface area contributed by atoms with Gasteiger partial charge in [-0.05, 0) is 0 Å². The van der Waals surface area contributed by atoms with Gasteiger partial charge < -0.3 is 0 Å². The zero-order valence-corrected chi connectivity index (χ0v) is 19.8. The van der Waals surface area contributed by atoms with E-state index in [4.69, 9.17) is 16.1 Å². The monoisotopic (exact) mass is 452 g/mol. The molecule has 0 unspecified atom stereocenters. The van der Waals surface area contributed by atoms with E-state index in [2.05, 4.69) is 0 Å². The van der Waals surface area contributed by atoms with E-state index in [-0.39, 0.29) is 26.4 Å². The van der Waals surface area contributed by atoms with Gasteiger partial charge in [0.2, 0.25) is 0 Å². The molecule has 168 valence electrons. The molecule has 29 heavy (non-hydrogen) atoms. The maximum atomic E-state index is 13.1. The third-order valence-electron chi connectivity index (χ3n) is 3.99. The van der Waals surface area contributed by atoms with E-state index in [1.807, 2.05) is 13.8 Å².